The molecule has 0 saturated carbocycles. The molecule has 0 fully saturated rings. The number of unbranched alkanes of at least 4 members (excludes halogenated alkanes) is 1. The van der Waals surface area contributed by atoms with Gasteiger partial charge in [-0.1, -0.05) is 46.8 Å². The predicted octanol–water partition coefficient (Wildman–Crippen LogP) is 5.95. The molecule has 1 aromatic carbocycles. The second-order valence-corrected chi connectivity index (χ2v) is 8.72. The third kappa shape index (κ3) is 9.81. The first-order chi connectivity index (χ1) is 12.6. The van der Waals surface area contributed by atoms with Crippen molar-refractivity contribution in [2.75, 3.05) is 13.2 Å². The number of ether oxygens (including phenoxy) is 3. The highest BCUT2D eigenvalue weighted by Gasteiger charge is 2.26. The van der Waals surface area contributed by atoms with Crippen LogP contribution in [-0.4, -0.2) is 25.5 Å². The van der Waals surface area contributed by atoms with Crippen molar-refractivity contribution >= 4 is 5.97 Å². The number of hydrogen-bond donors (Lipinski definition) is 0. The average molecular weight is 379 g/mol. The molecule has 0 amide bonds. The first-order valence-corrected chi connectivity index (χ1v) is 10.1. The number of carbonyl (C=O) groups excluding carboxylic acids is 1. The Morgan fingerprint density at radius 2 is 1.59 bits per heavy atom. The Hall–Kier alpha value is -1.55. The van der Waals surface area contributed by atoms with Crippen LogP contribution in [0.15, 0.2) is 24.3 Å². The zero-order valence-electron chi connectivity index (χ0n) is 18.2. The third-order valence-corrected chi connectivity index (χ3v) is 4.53. The van der Waals surface area contributed by atoms with Crippen molar-refractivity contribution in [3.63, 3.8) is 0 Å². The van der Waals surface area contributed by atoms with Gasteiger partial charge in [-0.25, -0.2) is 0 Å². The van der Waals surface area contributed by atoms with Crippen LogP contribution in [0.4, 0.5) is 0 Å². The van der Waals surface area contributed by atoms with Gasteiger partial charge >= 0.3 is 5.97 Å². The maximum atomic E-state index is 10.7. The quantitative estimate of drug-likeness (QED) is 0.271. The summed E-state index contributed by atoms with van der Waals surface area (Å²) >= 11 is 0. The van der Waals surface area contributed by atoms with E-state index in [9.17, 15) is 4.79 Å². The lowest BCUT2D eigenvalue weighted by atomic mass is 9.72. The van der Waals surface area contributed by atoms with E-state index in [1.54, 1.807) is 0 Å². The molecule has 0 aliphatic carbocycles. The molecule has 27 heavy (non-hydrogen) atoms. The number of benzene rings is 1. The molecule has 0 N–H and O–H groups in total. The van der Waals surface area contributed by atoms with Gasteiger partial charge < -0.3 is 14.2 Å². The molecule has 0 aromatic heterocycles. The number of carbonyl (C=O) groups is 1. The van der Waals surface area contributed by atoms with Crippen molar-refractivity contribution in [1.29, 1.82) is 0 Å². The standard InChI is InChI=1S/C23H38O4/c1-17(2)16-22(23(5,6)7)20-10-12-21(13-11-20)27-19(4)26-15-9-8-14-25-18(3)24/h10-13,17,19,22H,8-9,14-16H2,1-7H3. The lowest BCUT2D eigenvalue weighted by Crippen LogP contribution is -2.20. The SMILES string of the molecule is CC(=O)OCCCCOC(C)Oc1ccc(C(CC(C)C)C(C)(C)C)cc1. The fourth-order valence-corrected chi connectivity index (χ4v) is 3.13. The molecule has 0 heterocycles. The van der Waals surface area contributed by atoms with E-state index in [1.807, 2.05) is 19.1 Å². The van der Waals surface area contributed by atoms with E-state index in [-0.39, 0.29) is 17.7 Å². The van der Waals surface area contributed by atoms with Gasteiger partial charge in [0.1, 0.15) is 5.75 Å². The van der Waals surface area contributed by atoms with Crippen molar-refractivity contribution in [3.05, 3.63) is 29.8 Å². The van der Waals surface area contributed by atoms with Crippen LogP contribution in [0.2, 0.25) is 0 Å². The van der Waals surface area contributed by atoms with E-state index in [1.165, 1.54) is 18.9 Å². The van der Waals surface area contributed by atoms with Crippen LogP contribution in [0.5, 0.6) is 5.75 Å². The summed E-state index contributed by atoms with van der Waals surface area (Å²) in [4.78, 5) is 10.7. The molecule has 0 bridgehead atoms. The Balaban J connectivity index is 2.47. The summed E-state index contributed by atoms with van der Waals surface area (Å²) < 4.78 is 16.4. The highest BCUT2D eigenvalue weighted by Crippen LogP contribution is 2.40. The summed E-state index contributed by atoms with van der Waals surface area (Å²) in [5, 5.41) is 0. The lowest BCUT2D eigenvalue weighted by molar-refractivity contribution is -0.141. The highest BCUT2D eigenvalue weighted by atomic mass is 16.7. The van der Waals surface area contributed by atoms with Gasteiger partial charge in [0.25, 0.3) is 0 Å². The summed E-state index contributed by atoms with van der Waals surface area (Å²) in [5.74, 6) is 1.78. The molecule has 0 saturated heterocycles. The Labute approximate surface area is 165 Å². The Kier molecular flexibility index (Phi) is 9.86. The molecular formula is C23H38O4. The van der Waals surface area contributed by atoms with E-state index >= 15 is 0 Å². The van der Waals surface area contributed by atoms with Gasteiger partial charge in [0, 0.05) is 6.92 Å². The van der Waals surface area contributed by atoms with E-state index in [2.05, 4.69) is 46.8 Å². The molecule has 154 valence electrons. The van der Waals surface area contributed by atoms with Gasteiger partial charge in [0.05, 0.1) is 13.2 Å². The largest absolute Gasteiger partial charge is 0.466 e. The smallest absolute Gasteiger partial charge is 0.302 e. The minimum atomic E-state index is -0.307. The normalized spacial score (nSPS) is 14.1. The van der Waals surface area contributed by atoms with Crippen LogP contribution < -0.4 is 4.74 Å². The molecule has 0 spiro atoms. The minimum absolute atomic E-state index is 0.231. The third-order valence-electron chi connectivity index (χ3n) is 4.53. The fourth-order valence-electron chi connectivity index (χ4n) is 3.13. The molecule has 4 heteroatoms. The van der Waals surface area contributed by atoms with Gasteiger partial charge in [-0.2, -0.15) is 0 Å². The summed E-state index contributed by atoms with van der Waals surface area (Å²) in [6.45, 7) is 15.8. The van der Waals surface area contributed by atoms with E-state index < -0.39 is 0 Å². The summed E-state index contributed by atoms with van der Waals surface area (Å²) in [6.07, 6.45) is 2.50. The topological polar surface area (TPSA) is 44.8 Å². The Bertz CT molecular complexity index is 542. The Morgan fingerprint density at radius 3 is 2.11 bits per heavy atom. The summed E-state index contributed by atoms with van der Waals surface area (Å²) in [7, 11) is 0. The zero-order chi connectivity index (χ0) is 20.4. The van der Waals surface area contributed by atoms with Crippen molar-refractivity contribution in [3.8, 4) is 5.75 Å². The minimum Gasteiger partial charge on any atom is -0.466 e. The van der Waals surface area contributed by atoms with Gasteiger partial charge in [-0.05, 0) is 61.1 Å². The highest BCUT2D eigenvalue weighted by molar-refractivity contribution is 5.65. The molecule has 0 aliphatic rings. The van der Waals surface area contributed by atoms with Gasteiger partial charge in [0.2, 0.25) is 0 Å². The fraction of sp³-hybridized carbons (Fsp3) is 0.696. The molecule has 4 nitrogen and oxygen atoms in total. The molecule has 2 atom stereocenters. The van der Waals surface area contributed by atoms with Crippen molar-refractivity contribution in [2.24, 2.45) is 11.3 Å². The Morgan fingerprint density at radius 1 is 1.00 bits per heavy atom. The monoisotopic (exact) mass is 378 g/mol. The van der Waals surface area contributed by atoms with E-state index in [4.69, 9.17) is 14.2 Å². The van der Waals surface area contributed by atoms with Gasteiger partial charge in [0.15, 0.2) is 6.29 Å². The van der Waals surface area contributed by atoms with Crippen LogP contribution in [0.25, 0.3) is 0 Å². The number of rotatable bonds is 11. The molecule has 1 aromatic rings. The van der Waals surface area contributed by atoms with Gasteiger partial charge in [-0.15, -0.1) is 0 Å². The molecule has 0 radical (unpaired) electrons. The van der Waals surface area contributed by atoms with Crippen LogP contribution in [-0.2, 0) is 14.3 Å². The van der Waals surface area contributed by atoms with Crippen LogP contribution in [0.3, 0.4) is 0 Å². The first-order valence-electron chi connectivity index (χ1n) is 10.1. The summed E-state index contributed by atoms with van der Waals surface area (Å²) in [6, 6.07) is 8.43. The summed E-state index contributed by atoms with van der Waals surface area (Å²) in [5.41, 5.74) is 1.59. The number of hydrogen-bond acceptors (Lipinski definition) is 4. The van der Waals surface area contributed by atoms with Crippen LogP contribution >= 0.6 is 0 Å². The predicted molar refractivity (Wildman–Crippen MR) is 110 cm³/mol. The molecule has 2 unspecified atom stereocenters. The second kappa shape index (κ2) is 11.3. The van der Waals surface area contributed by atoms with Gasteiger partial charge in [-0.3, -0.25) is 4.79 Å². The van der Waals surface area contributed by atoms with Crippen LogP contribution in [0, 0.1) is 11.3 Å². The maximum absolute atomic E-state index is 10.7. The van der Waals surface area contributed by atoms with E-state index in [0.29, 0.717) is 25.0 Å². The van der Waals surface area contributed by atoms with Crippen molar-refractivity contribution < 1.29 is 19.0 Å². The lowest BCUT2D eigenvalue weighted by Gasteiger charge is -2.32. The molecular weight excluding hydrogens is 340 g/mol. The van der Waals surface area contributed by atoms with Crippen LogP contribution in [0.1, 0.15) is 79.2 Å². The molecule has 0 aliphatic heterocycles. The van der Waals surface area contributed by atoms with Crippen molar-refractivity contribution in [2.45, 2.75) is 79.9 Å². The van der Waals surface area contributed by atoms with E-state index in [0.717, 1.165) is 18.6 Å². The van der Waals surface area contributed by atoms with Crippen molar-refractivity contribution in [1.82, 2.24) is 0 Å². The molecule has 1 rings (SSSR count). The second-order valence-electron chi connectivity index (χ2n) is 8.72. The zero-order valence-corrected chi connectivity index (χ0v) is 18.2. The average Bonchev–Trinajstić information content (AvgIpc) is 2.55. The first kappa shape index (κ1) is 23.5. The maximum Gasteiger partial charge on any atom is 0.302 e. The number of esters is 1.